The zero-order chi connectivity index (χ0) is 22.9. The summed E-state index contributed by atoms with van der Waals surface area (Å²) in [5, 5.41) is 0. The topological polar surface area (TPSA) is 44.8 Å². The van der Waals surface area contributed by atoms with Gasteiger partial charge in [0.05, 0.1) is 13.2 Å². The smallest absolute Gasteiger partial charge is 0.336 e. The van der Waals surface area contributed by atoms with Gasteiger partial charge in [-0.05, 0) is 60.9 Å². The van der Waals surface area contributed by atoms with Crippen LogP contribution >= 0.6 is 0 Å². The predicted octanol–water partition coefficient (Wildman–Crippen LogP) is 7.61. The Hall–Kier alpha value is -2.75. The number of esters is 1. The molecule has 0 fully saturated rings. The fraction of sp³-hybridized carbons (Fsp3) is 0.464. The van der Waals surface area contributed by atoms with Crippen LogP contribution in [-0.2, 0) is 4.79 Å². The lowest BCUT2D eigenvalue weighted by Crippen LogP contribution is -2.03. The number of benzene rings is 2. The third kappa shape index (κ3) is 11.0. The average Bonchev–Trinajstić information content (AvgIpc) is 2.82. The van der Waals surface area contributed by atoms with Gasteiger partial charge in [-0.25, -0.2) is 4.79 Å². The summed E-state index contributed by atoms with van der Waals surface area (Å²) in [5.41, 5.74) is 0.920. The molecule has 0 radical (unpaired) electrons. The molecule has 2 aromatic carbocycles. The third-order valence-corrected chi connectivity index (χ3v) is 5.12. The van der Waals surface area contributed by atoms with Gasteiger partial charge in [0.15, 0.2) is 0 Å². The van der Waals surface area contributed by atoms with Gasteiger partial charge >= 0.3 is 5.97 Å². The number of rotatable bonds is 16. The molecular formula is C28H38O4. The van der Waals surface area contributed by atoms with Crippen LogP contribution in [0, 0.1) is 0 Å². The number of ether oxygens (including phenoxy) is 3. The summed E-state index contributed by atoms with van der Waals surface area (Å²) in [6.07, 6.45) is 14.0. The molecule has 0 bridgehead atoms. The molecule has 0 saturated heterocycles. The van der Waals surface area contributed by atoms with Crippen LogP contribution in [0.2, 0.25) is 0 Å². The Balaban J connectivity index is 1.69. The largest absolute Gasteiger partial charge is 0.494 e. The van der Waals surface area contributed by atoms with Crippen molar-refractivity contribution >= 4 is 12.0 Å². The van der Waals surface area contributed by atoms with E-state index < -0.39 is 5.97 Å². The van der Waals surface area contributed by atoms with E-state index in [0.29, 0.717) is 12.4 Å². The molecule has 2 rings (SSSR count). The maximum Gasteiger partial charge on any atom is 0.336 e. The van der Waals surface area contributed by atoms with Crippen molar-refractivity contribution in [1.82, 2.24) is 0 Å². The summed E-state index contributed by atoms with van der Waals surface area (Å²) in [6, 6.07) is 14.9. The average molecular weight is 439 g/mol. The summed E-state index contributed by atoms with van der Waals surface area (Å²) in [4.78, 5) is 12.1. The summed E-state index contributed by atoms with van der Waals surface area (Å²) in [5.74, 6) is 1.74. The molecule has 2 aromatic rings. The van der Waals surface area contributed by atoms with Gasteiger partial charge in [-0.2, -0.15) is 0 Å². The van der Waals surface area contributed by atoms with Crippen LogP contribution < -0.4 is 14.2 Å². The quantitative estimate of drug-likeness (QED) is 0.117. The lowest BCUT2D eigenvalue weighted by molar-refractivity contribution is -0.128. The fourth-order valence-corrected chi connectivity index (χ4v) is 3.21. The number of carbonyl (C=O) groups is 1. The monoisotopic (exact) mass is 438 g/mol. The van der Waals surface area contributed by atoms with Gasteiger partial charge < -0.3 is 14.2 Å². The zero-order valence-electron chi connectivity index (χ0n) is 19.7. The van der Waals surface area contributed by atoms with Crippen LogP contribution in [0.1, 0.15) is 77.2 Å². The van der Waals surface area contributed by atoms with E-state index in [-0.39, 0.29) is 0 Å². The molecule has 0 saturated carbocycles. The van der Waals surface area contributed by atoms with Gasteiger partial charge in [-0.1, -0.05) is 70.9 Å². The number of hydrogen-bond donors (Lipinski definition) is 0. The minimum Gasteiger partial charge on any atom is -0.494 e. The SMILES string of the molecule is CCCCCCCOc1ccc(C=CC(=O)Oc2ccc(OCCCCCC)cc2)cc1. The first-order chi connectivity index (χ1) is 15.7. The van der Waals surface area contributed by atoms with Crippen LogP contribution in [0.3, 0.4) is 0 Å². The molecule has 0 aliphatic heterocycles. The van der Waals surface area contributed by atoms with Crippen LogP contribution in [0.5, 0.6) is 17.2 Å². The Morgan fingerprint density at radius 1 is 0.656 bits per heavy atom. The van der Waals surface area contributed by atoms with E-state index in [1.807, 2.05) is 36.4 Å². The maximum absolute atomic E-state index is 12.1. The Kier molecular flexibility index (Phi) is 12.7. The highest BCUT2D eigenvalue weighted by molar-refractivity contribution is 5.88. The van der Waals surface area contributed by atoms with Gasteiger partial charge in [0.2, 0.25) is 0 Å². The van der Waals surface area contributed by atoms with Crippen molar-refractivity contribution in [3.8, 4) is 17.2 Å². The van der Waals surface area contributed by atoms with Crippen molar-refractivity contribution in [1.29, 1.82) is 0 Å². The van der Waals surface area contributed by atoms with Crippen molar-refractivity contribution in [2.24, 2.45) is 0 Å². The molecule has 174 valence electrons. The van der Waals surface area contributed by atoms with E-state index in [1.54, 1.807) is 18.2 Å². The third-order valence-electron chi connectivity index (χ3n) is 5.12. The highest BCUT2D eigenvalue weighted by Gasteiger charge is 2.02. The lowest BCUT2D eigenvalue weighted by Gasteiger charge is -2.07. The predicted molar refractivity (Wildman–Crippen MR) is 131 cm³/mol. The Labute approximate surface area is 193 Å². The highest BCUT2D eigenvalue weighted by Crippen LogP contribution is 2.19. The second-order valence-electron chi connectivity index (χ2n) is 7.97. The molecule has 0 spiro atoms. The van der Waals surface area contributed by atoms with E-state index in [4.69, 9.17) is 14.2 Å². The summed E-state index contributed by atoms with van der Waals surface area (Å²) in [6.45, 7) is 5.87. The zero-order valence-corrected chi connectivity index (χ0v) is 19.7. The summed E-state index contributed by atoms with van der Waals surface area (Å²) >= 11 is 0. The van der Waals surface area contributed by atoms with Gasteiger partial charge in [0, 0.05) is 6.08 Å². The molecule has 4 nitrogen and oxygen atoms in total. The van der Waals surface area contributed by atoms with E-state index >= 15 is 0 Å². The number of hydrogen-bond acceptors (Lipinski definition) is 4. The molecular weight excluding hydrogens is 400 g/mol. The van der Waals surface area contributed by atoms with Crippen LogP contribution in [0.15, 0.2) is 54.6 Å². The summed E-state index contributed by atoms with van der Waals surface area (Å²) < 4.78 is 16.8. The molecule has 32 heavy (non-hydrogen) atoms. The van der Waals surface area contributed by atoms with Crippen molar-refractivity contribution < 1.29 is 19.0 Å². The summed E-state index contributed by atoms with van der Waals surface area (Å²) in [7, 11) is 0. The lowest BCUT2D eigenvalue weighted by atomic mass is 10.2. The van der Waals surface area contributed by atoms with Crippen molar-refractivity contribution in [2.75, 3.05) is 13.2 Å². The molecule has 0 atom stereocenters. The number of unbranched alkanes of at least 4 members (excludes halogenated alkanes) is 7. The minimum absolute atomic E-state index is 0.411. The Morgan fingerprint density at radius 2 is 1.12 bits per heavy atom. The van der Waals surface area contributed by atoms with Crippen molar-refractivity contribution in [3.05, 3.63) is 60.2 Å². The minimum atomic E-state index is -0.411. The van der Waals surface area contributed by atoms with Gasteiger partial charge in [-0.15, -0.1) is 0 Å². The number of carbonyl (C=O) groups excluding carboxylic acids is 1. The van der Waals surface area contributed by atoms with E-state index in [0.717, 1.165) is 36.5 Å². The second-order valence-corrected chi connectivity index (χ2v) is 7.97. The molecule has 0 aromatic heterocycles. The van der Waals surface area contributed by atoms with Gasteiger partial charge in [0.1, 0.15) is 17.2 Å². The first-order valence-corrected chi connectivity index (χ1v) is 12.1. The normalized spacial score (nSPS) is 10.9. The van der Waals surface area contributed by atoms with Crippen LogP contribution in [-0.4, -0.2) is 19.2 Å². The van der Waals surface area contributed by atoms with Crippen molar-refractivity contribution in [2.45, 2.75) is 71.6 Å². The molecule has 4 heteroatoms. The first kappa shape index (κ1) is 25.5. The van der Waals surface area contributed by atoms with Gasteiger partial charge in [0.25, 0.3) is 0 Å². The van der Waals surface area contributed by atoms with E-state index in [1.165, 1.54) is 51.0 Å². The molecule has 0 aliphatic rings. The standard InChI is InChI=1S/C28H38O4/c1-3-5-7-9-11-23-30-25-15-12-24(13-16-25)14-21-28(29)32-27-19-17-26(18-20-27)31-22-10-8-6-4-2/h12-21H,3-11,22-23H2,1-2H3. The van der Waals surface area contributed by atoms with E-state index in [2.05, 4.69) is 13.8 Å². The maximum atomic E-state index is 12.1. The Morgan fingerprint density at radius 3 is 1.69 bits per heavy atom. The van der Waals surface area contributed by atoms with E-state index in [9.17, 15) is 4.79 Å². The molecule has 0 amide bonds. The molecule has 0 N–H and O–H groups in total. The van der Waals surface area contributed by atoms with Crippen molar-refractivity contribution in [3.63, 3.8) is 0 Å². The fourth-order valence-electron chi connectivity index (χ4n) is 3.21. The van der Waals surface area contributed by atoms with Crippen LogP contribution in [0.4, 0.5) is 0 Å². The first-order valence-electron chi connectivity index (χ1n) is 12.1. The molecule has 0 aliphatic carbocycles. The molecule has 0 unspecified atom stereocenters. The second kappa shape index (κ2) is 16.0. The van der Waals surface area contributed by atoms with Gasteiger partial charge in [-0.3, -0.25) is 0 Å². The van der Waals surface area contributed by atoms with Crippen LogP contribution in [0.25, 0.3) is 6.08 Å². The highest BCUT2D eigenvalue weighted by atomic mass is 16.5. The molecule has 0 heterocycles. The Bertz CT molecular complexity index is 778.